The standard InChI is InChI=1S/C49H38N2/c1-49(2)46-25-15-14-24-43(46)44-31-30-42(34-47(44)49)50(38-20-8-4-9-21-38)40-26-28-41(29-27-40)51(39-22-10-5-11-23-39)48-33-37-19-13-12-18-36(37)32-45(48)35-16-6-3-7-17-35/h3-34H,1-2H3. The minimum atomic E-state index is -0.0827. The van der Waals surface area contributed by atoms with Crippen LogP contribution in [0.5, 0.6) is 0 Å². The minimum Gasteiger partial charge on any atom is -0.310 e. The van der Waals surface area contributed by atoms with E-state index in [0.717, 1.165) is 34.1 Å². The molecule has 0 aliphatic heterocycles. The number of hydrogen-bond acceptors (Lipinski definition) is 2. The van der Waals surface area contributed by atoms with Gasteiger partial charge in [-0.2, -0.15) is 0 Å². The molecule has 0 heterocycles. The van der Waals surface area contributed by atoms with Crippen molar-refractivity contribution >= 4 is 44.9 Å². The number of rotatable bonds is 7. The van der Waals surface area contributed by atoms with Crippen molar-refractivity contribution in [1.82, 2.24) is 0 Å². The van der Waals surface area contributed by atoms with Crippen molar-refractivity contribution in [3.8, 4) is 22.3 Å². The van der Waals surface area contributed by atoms with Gasteiger partial charge in [0.1, 0.15) is 0 Å². The molecule has 8 aromatic carbocycles. The fourth-order valence-electron chi connectivity index (χ4n) is 7.87. The highest BCUT2D eigenvalue weighted by atomic mass is 15.2. The van der Waals surface area contributed by atoms with Crippen LogP contribution in [-0.2, 0) is 5.41 Å². The smallest absolute Gasteiger partial charge is 0.0546 e. The Morgan fingerprint density at radius 1 is 0.333 bits per heavy atom. The molecule has 0 atom stereocenters. The van der Waals surface area contributed by atoms with Crippen LogP contribution in [-0.4, -0.2) is 0 Å². The molecule has 0 unspecified atom stereocenters. The van der Waals surface area contributed by atoms with Crippen LogP contribution in [0, 0.1) is 0 Å². The summed E-state index contributed by atoms with van der Waals surface area (Å²) < 4.78 is 0. The zero-order valence-electron chi connectivity index (χ0n) is 28.9. The monoisotopic (exact) mass is 654 g/mol. The van der Waals surface area contributed by atoms with E-state index in [1.807, 2.05) is 0 Å². The molecule has 0 spiro atoms. The lowest BCUT2D eigenvalue weighted by molar-refractivity contribution is 0.660. The van der Waals surface area contributed by atoms with Crippen molar-refractivity contribution < 1.29 is 0 Å². The van der Waals surface area contributed by atoms with E-state index in [1.165, 1.54) is 44.2 Å². The average molecular weight is 655 g/mol. The van der Waals surface area contributed by atoms with Gasteiger partial charge < -0.3 is 9.80 Å². The second-order valence-corrected chi connectivity index (χ2v) is 13.8. The molecule has 2 heteroatoms. The zero-order chi connectivity index (χ0) is 34.4. The van der Waals surface area contributed by atoms with Crippen molar-refractivity contribution in [3.05, 3.63) is 205 Å². The summed E-state index contributed by atoms with van der Waals surface area (Å²) in [4.78, 5) is 4.77. The van der Waals surface area contributed by atoms with Gasteiger partial charge in [-0.1, -0.05) is 135 Å². The lowest BCUT2D eigenvalue weighted by Crippen LogP contribution is -2.16. The van der Waals surface area contributed by atoms with E-state index in [9.17, 15) is 0 Å². The fourth-order valence-corrected chi connectivity index (χ4v) is 7.87. The Morgan fingerprint density at radius 3 is 1.47 bits per heavy atom. The van der Waals surface area contributed by atoms with Gasteiger partial charge in [-0.15, -0.1) is 0 Å². The summed E-state index contributed by atoms with van der Waals surface area (Å²) in [6, 6.07) is 70.3. The highest BCUT2D eigenvalue weighted by molar-refractivity contribution is 5.98. The molecular formula is C49H38N2. The Morgan fingerprint density at radius 2 is 0.804 bits per heavy atom. The number of fused-ring (bicyclic) bond motifs is 4. The summed E-state index contributed by atoms with van der Waals surface area (Å²) in [7, 11) is 0. The Hall–Kier alpha value is -6.38. The highest BCUT2D eigenvalue weighted by Gasteiger charge is 2.35. The van der Waals surface area contributed by atoms with Gasteiger partial charge in [-0.3, -0.25) is 0 Å². The molecule has 0 radical (unpaired) electrons. The summed E-state index contributed by atoms with van der Waals surface area (Å²) in [5.74, 6) is 0. The third-order valence-corrected chi connectivity index (χ3v) is 10.4. The van der Waals surface area contributed by atoms with Crippen molar-refractivity contribution in [2.24, 2.45) is 0 Å². The van der Waals surface area contributed by atoms with E-state index in [1.54, 1.807) is 0 Å². The first-order valence-electron chi connectivity index (χ1n) is 17.7. The minimum absolute atomic E-state index is 0.0827. The first kappa shape index (κ1) is 30.7. The predicted molar refractivity (Wildman–Crippen MR) is 216 cm³/mol. The molecule has 0 N–H and O–H groups in total. The Balaban J connectivity index is 1.19. The molecule has 0 amide bonds. The molecule has 2 nitrogen and oxygen atoms in total. The molecule has 244 valence electrons. The topological polar surface area (TPSA) is 6.48 Å². The van der Waals surface area contributed by atoms with E-state index in [-0.39, 0.29) is 5.41 Å². The molecule has 0 aromatic heterocycles. The van der Waals surface area contributed by atoms with Gasteiger partial charge in [-0.25, -0.2) is 0 Å². The van der Waals surface area contributed by atoms with Gasteiger partial charge in [0.05, 0.1) is 5.69 Å². The molecule has 8 aromatic rings. The summed E-state index contributed by atoms with van der Waals surface area (Å²) >= 11 is 0. The SMILES string of the molecule is CC1(C)c2ccccc2-c2ccc(N(c3ccccc3)c3ccc(N(c4ccccc4)c4cc5ccccc5cc4-c4ccccc4)cc3)cc21. The van der Waals surface area contributed by atoms with Gasteiger partial charge in [0.15, 0.2) is 0 Å². The maximum absolute atomic E-state index is 2.40. The first-order chi connectivity index (χ1) is 25.1. The normalized spacial score (nSPS) is 12.7. The number of para-hydroxylation sites is 2. The third kappa shape index (κ3) is 5.37. The molecule has 1 aliphatic rings. The maximum atomic E-state index is 2.40. The quantitative estimate of drug-likeness (QED) is 0.169. The summed E-state index contributed by atoms with van der Waals surface area (Å²) in [5.41, 5.74) is 14.4. The summed E-state index contributed by atoms with van der Waals surface area (Å²) in [5, 5.41) is 2.43. The van der Waals surface area contributed by atoms with Crippen LogP contribution >= 0.6 is 0 Å². The average Bonchev–Trinajstić information content (AvgIpc) is 3.42. The lowest BCUT2D eigenvalue weighted by Gasteiger charge is -2.30. The first-order valence-corrected chi connectivity index (χ1v) is 17.7. The number of anilines is 6. The number of benzene rings is 8. The van der Waals surface area contributed by atoms with Gasteiger partial charge in [0, 0.05) is 39.4 Å². The van der Waals surface area contributed by atoms with Crippen LogP contribution in [0.3, 0.4) is 0 Å². The fraction of sp³-hybridized carbons (Fsp3) is 0.0612. The maximum Gasteiger partial charge on any atom is 0.0546 e. The van der Waals surface area contributed by atoms with E-state index >= 15 is 0 Å². The van der Waals surface area contributed by atoms with Crippen molar-refractivity contribution in [1.29, 1.82) is 0 Å². The van der Waals surface area contributed by atoms with Crippen LogP contribution in [0.15, 0.2) is 194 Å². The van der Waals surface area contributed by atoms with Gasteiger partial charge in [0.25, 0.3) is 0 Å². The Labute approximate surface area is 300 Å². The van der Waals surface area contributed by atoms with Crippen LogP contribution < -0.4 is 9.80 Å². The van der Waals surface area contributed by atoms with Crippen LogP contribution in [0.2, 0.25) is 0 Å². The second kappa shape index (κ2) is 12.5. The van der Waals surface area contributed by atoms with Crippen LogP contribution in [0.1, 0.15) is 25.0 Å². The molecule has 1 aliphatic carbocycles. The summed E-state index contributed by atoms with van der Waals surface area (Å²) in [6.07, 6.45) is 0. The van der Waals surface area contributed by atoms with Crippen molar-refractivity contribution in [3.63, 3.8) is 0 Å². The van der Waals surface area contributed by atoms with Gasteiger partial charge in [0.2, 0.25) is 0 Å². The van der Waals surface area contributed by atoms with Crippen molar-refractivity contribution in [2.45, 2.75) is 19.3 Å². The Kier molecular flexibility index (Phi) is 7.51. The van der Waals surface area contributed by atoms with Crippen LogP contribution in [0.25, 0.3) is 33.0 Å². The number of nitrogens with zero attached hydrogens (tertiary/aromatic N) is 2. The van der Waals surface area contributed by atoms with E-state index in [0.29, 0.717) is 0 Å². The zero-order valence-corrected chi connectivity index (χ0v) is 28.9. The van der Waals surface area contributed by atoms with E-state index in [2.05, 4.69) is 218 Å². The third-order valence-electron chi connectivity index (χ3n) is 10.4. The summed E-state index contributed by atoms with van der Waals surface area (Å²) in [6.45, 7) is 4.69. The highest BCUT2D eigenvalue weighted by Crippen LogP contribution is 2.51. The van der Waals surface area contributed by atoms with E-state index in [4.69, 9.17) is 0 Å². The molecule has 0 fully saturated rings. The van der Waals surface area contributed by atoms with Crippen LogP contribution in [0.4, 0.5) is 34.1 Å². The second-order valence-electron chi connectivity index (χ2n) is 13.8. The molecule has 51 heavy (non-hydrogen) atoms. The van der Waals surface area contributed by atoms with E-state index < -0.39 is 0 Å². The number of hydrogen-bond donors (Lipinski definition) is 0. The largest absolute Gasteiger partial charge is 0.310 e. The molecule has 9 rings (SSSR count). The molecule has 0 saturated carbocycles. The van der Waals surface area contributed by atoms with Crippen molar-refractivity contribution in [2.75, 3.05) is 9.80 Å². The molecular weight excluding hydrogens is 617 g/mol. The Bertz CT molecular complexity index is 2480. The van der Waals surface area contributed by atoms with Gasteiger partial charge >= 0.3 is 0 Å². The predicted octanol–water partition coefficient (Wildman–Crippen LogP) is 13.8. The molecule has 0 bridgehead atoms. The molecule has 0 saturated heterocycles. The lowest BCUT2D eigenvalue weighted by atomic mass is 9.82. The van der Waals surface area contributed by atoms with Gasteiger partial charge in [-0.05, 0) is 111 Å².